The molecule has 0 atom stereocenters. The number of methoxy groups -OCH3 is 1. The number of hydrogen-bond acceptors (Lipinski definition) is 7. The normalized spacial score (nSPS) is 11.4. The molecule has 0 bridgehead atoms. The van der Waals surface area contributed by atoms with Crippen molar-refractivity contribution in [3.05, 3.63) is 52.8 Å². The van der Waals surface area contributed by atoms with Crippen LogP contribution in [0.4, 0.5) is 0 Å². The third kappa shape index (κ3) is 4.70. The predicted molar refractivity (Wildman–Crippen MR) is 106 cm³/mol. The molecule has 8 nitrogen and oxygen atoms in total. The molecule has 0 aliphatic carbocycles. The van der Waals surface area contributed by atoms with E-state index in [1.54, 1.807) is 36.4 Å². The maximum atomic E-state index is 12.6. The molecule has 0 saturated carbocycles. The van der Waals surface area contributed by atoms with Crippen molar-refractivity contribution >= 4 is 26.0 Å². The molecular formula is C18H18BrN3O5S. The topological polar surface area (TPSA) is 104 Å². The summed E-state index contributed by atoms with van der Waals surface area (Å²) in [5.41, 5.74) is 0.731. The van der Waals surface area contributed by atoms with Crippen molar-refractivity contribution in [1.29, 1.82) is 0 Å². The molecule has 0 spiro atoms. The first kappa shape index (κ1) is 20.3. The van der Waals surface area contributed by atoms with Crippen LogP contribution in [-0.2, 0) is 16.6 Å². The molecule has 0 saturated heterocycles. The maximum absolute atomic E-state index is 12.6. The van der Waals surface area contributed by atoms with Gasteiger partial charge in [-0.1, -0.05) is 21.1 Å². The Morgan fingerprint density at radius 3 is 2.61 bits per heavy atom. The Morgan fingerprint density at radius 1 is 1.18 bits per heavy atom. The predicted octanol–water partition coefficient (Wildman–Crippen LogP) is 3.38. The van der Waals surface area contributed by atoms with Crippen molar-refractivity contribution in [1.82, 2.24) is 14.9 Å². The quantitative estimate of drug-likeness (QED) is 0.541. The lowest BCUT2D eigenvalue weighted by Crippen LogP contribution is -2.24. The second-order valence-electron chi connectivity index (χ2n) is 5.59. The van der Waals surface area contributed by atoms with E-state index in [1.807, 2.05) is 6.92 Å². The van der Waals surface area contributed by atoms with Crippen molar-refractivity contribution < 1.29 is 22.4 Å². The zero-order valence-electron chi connectivity index (χ0n) is 15.2. The number of benzene rings is 2. The van der Waals surface area contributed by atoms with Gasteiger partial charge in [-0.3, -0.25) is 0 Å². The average molecular weight is 468 g/mol. The van der Waals surface area contributed by atoms with Crippen LogP contribution in [-0.4, -0.2) is 32.3 Å². The molecule has 0 unspecified atom stereocenters. The highest BCUT2D eigenvalue weighted by Crippen LogP contribution is 2.27. The molecule has 10 heteroatoms. The summed E-state index contributed by atoms with van der Waals surface area (Å²) in [6.07, 6.45) is 0. The van der Waals surface area contributed by atoms with Crippen LogP contribution in [0.1, 0.15) is 12.8 Å². The highest BCUT2D eigenvalue weighted by Gasteiger charge is 2.21. The van der Waals surface area contributed by atoms with Crippen molar-refractivity contribution in [3.63, 3.8) is 0 Å². The van der Waals surface area contributed by atoms with Gasteiger partial charge in [0.05, 0.1) is 20.3 Å². The van der Waals surface area contributed by atoms with Crippen LogP contribution in [0.25, 0.3) is 11.4 Å². The summed E-state index contributed by atoms with van der Waals surface area (Å²) in [7, 11) is -2.43. The van der Waals surface area contributed by atoms with Gasteiger partial charge in [-0.2, -0.15) is 4.98 Å². The zero-order chi connectivity index (χ0) is 20.1. The lowest BCUT2D eigenvalue weighted by Gasteiger charge is -2.10. The summed E-state index contributed by atoms with van der Waals surface area (Å²) in [5, 5.41) is 3.89. The largest absolute Gasteiger partial charge is 0.495 e. The SMILES string of the molecule is CCOc1ccc(-c2noc(CNS(=O)(=O)c3cc(Br)ccc3OC)n2)cc1. The van der Waals surface area contributed by atoms with Crippen LogP contribution < -0.4 is 14.2 Å². The summed E-state index contributed by atoms with van der Waals surface area (Å²) >= 11 is 3.26. The highest BCUT2D eigenvalue weighted by molar-refractivity contribution is 9.10. The number of aromatic nitrogens is 2. The number of rotatable bonds is 8. The van der Waals surface area contributed by atoms with Crippen molar-refractivity contribution in [2.45, 2.75) is 18.4 Å². The fourth-order valence-corrected chi connectivity index (χ4v) is 4.09. The molecule has 1 N–H and O–H groups in total. The molecule has 28 heavy (non-hydrogen) atoms. The number of hydrogen-bond donors (Lipinski definition) is 1. The fourth-order valence-electron chi connectivity index (χ4n) is 2.41. The second kappa shape index (κ2) is 8.72. The van der Waals surface area contributed by atoms with Gasteiger partial charge in [0.2, 0.25) is 21.7 Å². The molecule has 0 fully saturated rings. The molecule has 2 aromatic carbocycles. The van der Waals surface area contributed by atoms with E-state index in [9.17, 15) is 8.42 Å². The number of ether oxygens (including phenoxy) is 2. The Balaban J connectivity index is 1.72. The van der Waals surface area contributed by atoms with Crippen LogP contribution in [0, 0.1) is 0 Å². The van der Waals surface area contributed by atoms with Crippen LogP contribution in [0.15, 0.2) is 56.4 Å². The van der Waals surface area contributed by atoms with Gasteiger partial charge >= 0.3 is 0 Å². The molecule has 148 valence electrons. The molecular weight excluding hydrogens is 450 g/mol. The Labute approximate surface area is 171 Å². The average Bonchev–Trinajstić information content (AvgIpc) is 3.16. The van der Waals surface area contributed by atoms with Gasteiger partial charge in [-0.05, 0) is 49.4 Å². The Kier molecular flexibility index (Phi) is 6.32. The third-order valence-corrected chi connectivity index (χ3v) is 5.64. The first-order chi connectivity index (χ1) is 13.4. The first-order valence-electron chi connectivity index (χ1n) is 8.32. The Bertz CT molecular complexity index is 1050. The highest BCUT2D eigenvalue weighted by atomic mass is 79.9. The number of nitrogens with one attached hydrogen (secondary N) is 1. The lowest BCUT2D eigenvalue weighted by molar-refractivity contribution is 0.340. The lowest BCUT2D eigenvalue weighted by atomic mass is 10.2. The van der Waals surface area contributed by atoms with Gasteiger partial charge in [0.15, 0.2) is 0 Å². The molecule has 0 radical (unpaired) electrons. The molecule has 0 aliphatic rings. The van der Waals surface area contributed by atoms with E-state index in [0.29, 0.717) is 16.9 Å². The van der Waals surface area contributed by atoms with Gasteiger partial charge in [0.25, 0.3) is 0 Å². The van der Waals surface area contributed by atoms with E-state index in [2.05, 4.69) is 30.8 Å². The van der Waals surface area contributed by atoms with E-state index in [-0.39, 0.29) is 23.1 Å². The van der Waals surface area contributed by atoms with Crippen molar-refractivity contribution in [3.8, 4) is 22.9 Å². The first-order valence-corrected chi connectivity index (χ1v) is 10.6. The Hall–Kier alpha value is -2.43. The smallest absolute Gasteiger partial charge is 0.244 e. The van der Waals surface area contributed by atoms with Crippen LogP contribution >= 0.6 is 15.9 Å². The molecule has 0 amide bonds. The van der Waals surface area contributed by atoms with Crippen LogP contribution in [0.3, 0.4) is 0 Å². The van der Waals surface area contributed by atoms with E-state index < -0.39 is 10.0 Å². The number of nitrogens with zero attached hydrogens (tertiary/aromatic N) is 2. The number of halogens is 1. The van der Waals surface area contributed by atoms with Gasteiger partial charge in [-0.25, -0.2) is 13.1 Å². The summed E-state index contributed by atoms with van der Waals surface area (Å²) in [6, 6.07) is 11.9. The van der Waals surface area contributed by atoms with E-state index >= 15 is 0 Å². The number of sulfonamides is 1. The Morgan fingerprint density at radius 2 is 1.93 bits per heavy atom. The van der Waals surface area contributed by atoms with Gasteiger partial charge < -0.3 is 14.0 Å². The van der Waals surface area contributed by atoms with E-state index in [0.717, 1.165) is 11.3 Å². The van der Waals surface area contributed by atoms with Gasteiger partial charge in [-0.15, -0.1) is 0 Å². The minimum atomic E-state index is -3.84. The molecule has 3 aromatic rings. The van der Waals surface area contributed by atoms with Gasteiger partial charge in [0, 0.05) is 10.0 Å². The minimum absolute atomic E-state index is 0.00984. The standard InChI is InChI=1S/C18H18BrN3O5S/c1-3-26-14-7-4-12(5-8-14)18-21-17(27-22-18)11-20-28(23,24)16-10-13(19)6-9-15(16)25-2/h4-10,20H,3,11H2,1-2H3. The van der Waals surface area contributed by atoms with E-state index in [1.165, 1.54) is 13.2 Å². The minimum Gasteiger partial charge on any atom is -0.495 e. The molecule has 0 aliphatic heterocycles. The molecule has 1 heterocycles. The molecule has 3 rings (SSSR count). The molecule has 1 aromatic heterocycles. The summed E-state index contributed by atoms with van der Waals surface area (Å²) in [5.74, 6) is 1.47. The van der Waals surface area contributed by atoms with E-state index in [4.69, 9.17) is 14.0 Å². The van der Waals surface area contributed by atoms with Crippen molar-refractivity contribution in [2.24, 2.45) is 0 Å². The van der Waals surface area contributed by atoms with Gasteiger partial charge in [0.1, 0.15) is 16.4 Å². The van der Waals surface area contributed by atoms with Crippen LogP contribution in [0.2, 0.25) is 0 Å². The third-order valence-electron chi connectivity index (χ3n) is 3.72. The van der Waals surface area contributed by atoms with Crippen molar-refractivity contribution in [2.75, 3.05) is 13.7 Å². The summed E-state index contributed by atoms with van der Waals surface area (Å²) in [4.78, 5) is 4.24. The monoisotopic (exact) mass is 467 g/mol. The summed E-state index contributed by atoms with van der Waals surface area (Å²) < 4.78 is 43.9. The summed E-state index contributed by atoms with van der Waals surface area (Å²) in [6.45, 7) is 2.33. The fraction of sp³-hybridized carbons (Fsp3) is 0.222. The van der Waals surface area contributed by atoms with Crippen LogP contribution in [0.5, 0.6) is 11.5 Å². The maximum Gasteiger partial charge on any atom is 0.244 e. The second-order valence-corrected chi connectivity index (χ2v) is 8.24. The zero-order valence-corrected chi connectivity index (χ0v) is 17.6.